The fourth-order valence-corrected chi connectivity index (χ4v) is 1.86. The second kappa shape index (κ2) is 5.37. The Hall–Kier alpha value is -2.28. The number of aromatic nitrogens is 2. The Bertz CT molecular complexity index is 578. The van der Waals surface area contributed by atoms with Crippen LogP contribution < -0.4 is 5.32 Å². The molecule has 0 saturated carbocycles. The standard InChI is InChI=1S/C14H16N4/c1-3-18-13(6-7-17-18)10-16-14-8-12(9-15)5-4-11(14)2/h4-8,16H,3,10H2,1-2H3. The van der Waals surface area contributed by atoms with E-state index in [9.17, 15) is 0 Å². The Morgan fingerprint density at radius 2 is 2.22 bits per heavy atom. The molecule has 0 atom stereocenters. The van der Waals surface area contributed by atoms with E-state index in [0.29, 0.717) is 12.1 Å². The van der Waals surface area contributed by atoms with Crippen LogP contribution in [0.2, 0.25) is 0 Å². The molecule has 0 saturated heterocycles. The molecule has 92 valence electrons. The lowest BCUT2D eigenvalue weighted by molar-refractivity contribution is 0.627. The van der Waals surface area contributed by atoms with Crippen LogP contribution in [0.15, 0.2) is 30.5 Å². The Morgan fingerprint density at radius 1 is 1.39 bits per heavy atom. The normalized spacial score (nSPS) is 10.1. The van der Waals surface area contributed by atoms with Gasteiger partial charge in [-0.15, -0.1) is 0 Å². The van der Waals surface area contributed by atoms with E-state index >= 15 is 0 Å². The van der Waals surface area contributed by atoms with Crippen LogP contribution in [-0.2, 0) is 13.1 Å². The van der Waals surface area contributed by atoms with Crippen molar-refractivity contribution in [3.8, 4) is 6.07 Å². The van der Waals surface area contributed by atoms with Crippen LogP contribution >= 0.6 is 0 Å². The van der Waals surface area contributed by atoms with E-state index in [2.05, 4.69) is 23.4 Å². The summed E-state index contributed by atoms with van der Waals surface area (Å²) in [5.41, 5.74) is 3.95. The Balaban J connectivity index is 2.13. The zero-order chi connectivity index (χ0) is 13.0. The van der Waals surface area contributed by atoms with Gasteiger partial charge in [-0.1, -0.05) is 6.07 Å². The molecular weight excluding hydrogens is 224 g/mol. The van der Waals surface area contributed by atoms with E-state index in [4.69, 9.17) is 5.26 Å². The van der Waals surface area contributed by atoms with Crippen LogP contribution in [0.4, 0.5) is 5.69 Å². The average Bonchev–Trinajstić information content (AvgIpc) is 2.85. The maximum atomic E-state index is 8.90. The number of nitriles is 1. The van der Waals surface area contributed by atoms with Gasteiger partial charge >= 0.3 is 0 Å². The zero-order valence-electron chi connectivity index (χ0n) is 10.6. The van der Waals surface area contributed by atoms with Gasteiger partial charge in [-0.3, -0.25) is 4.68 Å². The number of aryl methyl sites for hydroxylation is 2. The van der Waals surface area contributed by atoms with Gasteiger partial charge in [-0.05, 0) is 37.6 Å². The van der Waals surface area contributed by atoms with Crippen molar-refractivity contribution in [1.29, 1.82) is 5.26 Å². The molecule has 2 rings (SSSR count). The van der Waals surface area contributed by atoms with Crippen LogP contribution in [0.3, 0.4) is 0 Å². The number of nitrogens with one attached hydrogen (secondary N) is 1. The molecule has 1 N–H and O–H groups in total. The zero-order valence-corrected chi connectivity index (χ0v) is 10.6. The fourth-order valence-electron chi connectivity index (χ4n) is 1.86. The highest BCUT2D eigenvalue weighted by Gasteiger charge is 2.03. The summed E-state index contributed by atoms with van der Waals surface area (Å²) in [5, 5.41) is 16.5. The predicted molar refractivity (Wildman–Crippen MR) is 71.1 cm³/mol. The van der Waals surface area contributed by atoms with Gasteiger partial charge in [0, 0.05) is 18.4 Å². The summed E-state index contributed by atoms with van der Waals surface area (Å²) in [5.74, 6) is 0. The third kappa shape index (κ3) is 2.51. The van der Waals surface area contributed by atoms with E-state index in [-0.39, 0.29) is 0 Å². The summed E-state index contributed by atoms with van der Waals surface area (Å²) < 4.78 is 1.95. The van der Waals surface area contributed by atoms with Crippen LogP contribution in [-0.4, -0.2) is 9.78 Å². The second-order valence-electron chi connectivity index (χ2n) is 4.13. The quantitative estimate of drug-likeness (QED) is 0.894. The summed E-state index contributed by atoms with van der Waals surface area (Å²) in [6.45, 7) is 5.67. The van der Waals surface area contributed by atoms with Crippen LogP contribution in [0.25, 0.3) is 0 Å². The Kier molecular flexibility index (Phi) is 3.63. The highest BCUT2D eigenvalue weighted by Crippen LogP contribution is 2.17. The monoisotopic (exact) mass is 240 g/mol. The molecule has 0 fully saturated rings. The Morgan fingerprint density at radius 3 is 2.94 bits per heavy atom. The third-order valence-corrected chi connectivity index (χ3v) is 2.93. The summed E-state index contributed by atoms with van der Waals surface area (Å²) in [6, 6.07) is 9.82. The van der Waals surface area contributed by atoms with E-state index in [1.165, 1.54) is 0 Å². The molecule has 1 aromatic heterocycles. The van der Waals surface area contributed by atoms with Crippen molar-refractivity contribution >= 4 is 5.69 Å². The molecule has 0 amide bonds. The van der Waals surface area contributed by atoms with Crippen LogP contribution in [0.1, 0.15) is 23.7 Å². The van der Waals surface area contributed by atoms with Gasteiger partial charge in [0.2, 0.25) is 0 Å². The van der Waals surface area contributed by atoms with Gasteiger partial charge in [0.25, 0.3) is 0 Å². The minimum Gasteiger partial charge on any atom is -0.379 e. The summed E-state index contributed by atoms with van der Waals surface area (Å²) in [6.07, 6.45) is 1.80. The third-order valence-electron chi connectivity index (χ3n) is 2.93. The van der Waals surface area contributed by atoms with Crippen LogP contribution in [0, 0.1) is 18.3 Å². The average molecular weight is 240 g/mol. The largest absolute Gasteiger partial charge is 0.379 e. The molecule has 0 spiro atoms. The predicted octanol–water partition coefficient (Wildman–Crippen LogP) is 2.70. The van der Waals surface area contributed by atoms with Crippen molar-refractivity contribution < 1.29 is 0 Å². The first-order valence-electron chi connectivity index (χ1n) is 6.00. The topological polar surface area (TPSA) is 53.6 Å². The maximum Gasteiger partial charge on any atom is 0.0992 e. The summed E-state index contributed by atoms with van der Waals surface area (Å²) >= 11 is 0. The smallest absolute Gasteiger partial charge is 0.0992 e. The second-order valence-corrected chi connectivity index (χ2v) is 4.13. The molecule has 0 unspecified atom stereocenters. The number of hydrogen-bond donors (Lipinski definition) is 1. The highest BCUT2D eigenvalue weighted by molar-refractivity contribution is 5.55. The lowest BCUT2D eigenvalue weighted by Crippen LogP contribution is -2.08. The molecule has 0 radical (unpaired) electrons. The van der Waals surface area contributed by atoms with Gasteiger partial charge < -0.3 is 5.32 Å². The molecule has 0 bridgehead atoms. The van der Waals surface area contributed by atoms with Crippen LogP contribution in [0.5, 0.6) is 0 Å². The van der Waals surface area contributed by atoms with Gasteiger partial charge in [-0.2, -0.15) is 10.4 Å². The molecule has 1 heterocycles. The molecule has 2 aromatic rings. The molecule has 4 nitrogen and oxygen atoms in total. The number of rotatable bonds is 4. The van der Waals surface area contributed by atoms with Crippen molar-refractivity contribution in [1.82, 2.24) is 9.78 Å². The lowest BCUT2D eigenvalue weighted by Gasteiger charge is -2.10. The van der Waals surface area contributed by atoms with Gasteiger partial charge in [0.1, 0.15) is 0 Å². The molecule has 0 aliphatic carbocycles. The molecule has 4 heteroatoms. The molecule has 0 aliphatic rings. The number of anilines is 1. The van der Waals surface area contributed by atoms with Crippen molar-refractivity contribution in [2.24, 2.45) is 0 Å². The number of benzene rings is 1. The summed E-state index contributed by atoms with van der Waals surface area (Å²) in [7, 11) is 0. The lowest BCUT2D eigenvalue weighted by atomic mass is 10.1. The molecule has 1 aromatic carbocycles. The van der Waals surface area contributed by atoms with E-state index < -0.39 is 0 Å². The first-order chi connectivity index (χ1) is 8.74. The van der Waals surface area contributed by atoms with E-state index in [1.54, 1.807) is 6.20 Å². The SMILES string of the molecule is CCn1nccc1CNc1cc(C#N)ccc1C. The maximum absolute atomic E-state index is 8.90. The van der Waals surface area contributed by atoms with E-state index in [1.807, 2.05) is 35.9 Å². The Labute approximate surface area is 107 Å². The van der Waals surface area contributed by atoms with Gasteiger partial charge in [0.15, 0.2) is 0 Å². The van der Waals surface area contributed by atoms with Crippen molar-refractivity contribution in [2.75, 3.05) is 5.32 Å². The highest BCUT2D eigenvalue weighted by atomic mass is 15.3. The fraction of sp³-hybridized carbons (Fsp3) is 0.286. The minimum atomic E-state index is 0.673. The molecule has 0 aliphatic heterocycles. The van der Waals surface area contributed by atoms with Gasteiger partial charge in [-0.25, -0.2) is 0 Å². The molecule has 18 heavy (non-hydrogen) atoms. The number of hydrogen-bond acceptors (Lipinski definition) is 3. The van der Waals surface area contributed by atoms with Crippen molar-refractivity contribution in [2.45, 2.75) is 26.9 Å². The van der Waals surface area contributed by atoms with Crippen molar-refractivity contribution in [3.05, 3.63) is 47.3 Å². The van der Waals surface area contributed by atoms with E-state index in [0.717, 1.165) is 23.5 Å². The minimum absolute atomic E-state index is 0.673. The van der Waals surface area contributed by atoms with Gasteiger partial charge in [0.05, 0.1) is 23.9 Å². The first-order valence-corrected chi connectivity index (χ1v) is 6.00. The molecular formula is C14H16N4. The first kappa shape index (κ1) is 12.2. The van der Waals surface area contributed by atoms with Crippen molar-refractivity contribution in [3.63, 3.8) is 0 Å². The number of nitrogens with zero attached hydrogens (tertiary/aromatic N) is 3. The summed E-state index contributed by atoms with van der Waals surface area (Å²) in [4.78, 5) is 0.